The van der Waals surface area contributed by atoms with Crippen molar-refractivity contribution in [3.05, 3.63) is 35.9 Å². The fourth-order valence-corrected chi connectivity index (χ4v) is 5.48. The molecule has 21 heavy (non-hydrogen) atoms. The average molecular weight is 326 g/mol. The molecule has 0 unspecified atom stereocenters. The first-order valence-corrected chi connectivity index (χ1v) is 9.74. The van der Waals surface area contributed by atoms with E-state index in [1.54, 1.807) is 7.05 Å². The first kappa shape index (κ1) is 16.3. The lowest BCUT2D eigenvalue weighted by atomic mass is 10.1. The smallest absolute Gasteiger partial charge is 0.184 e. The molecule has 1 heterocycles. The Morgan fingerprint density at radius 2 is 1.95 bits per heavy atom. The number of nitrogens with one attached hydrogen (secondary N) is 2. The van der Waals surface area contributed by atoms with Gasteiger partial charge in [-0.25, -0.2) is 4.99 Å². The maximum atomic E-state index is 14.0. The number of hydrogen-bond donors (Lipinski definition) is 2. The van der Waals surface area contributed by atoms with Gasteiger partial charge in [0.05, 0.1) is 0 Å². The number of benzene rings is 1. The van der Waals surface area contributed by atoms with Crippen molar-refractivity contribution in [2.24, 2.45) is 4.99 Å². The second-order valence-electron chi connectivity index (χ2n) is 5.84. The van der Waals surface area contributed by atoms with Crippen LogP contribution in [0.1, 0.15) is 26.3 Å². The van der Waals surface area contributed by atoms with Crippen LogP contribution in [0.25, 0.3) is 0 Å². The van der Waals surface area contributed by atoms with Gasteiger partial charge in [-0.1, -0.05) is 49.5 Å². The van der Waals surface area contributed by atoms with Crippen molar-refractivity contribution in [2.75, 3.05) is 12.8 Å². The molecular formula is C15H23N3OS2. The molecule has 0 bridgehead atoms. The van der Waals surface area contributed by atoms with E-state index in [4.69, 9.17) is 12.2 Å². The summed E-state index contributed by atoms with van der Waals surface area (Å²) in [5.41, 5.74) is 0.515. The van der Waals surface area contributed by atoms with E-state index in [0.29, 0.717) is 21.7 Å². The second kappa shape index (κ2) is 5.26. The number of nitrogens with zero attached hydrogens (tertiary/aromatic N) is 1. The molecule has 116 valence electrons. The van der Waals surface area contributed by atoms with Gasteiger partial charge in [0.1, 0.15) is 10.5 Å². The summed E-state index contributed by atoms with van der Waals surface area (Å²) in [6.45, 7) is 5.79. The van der Waals surface area contributed by atoms with Crippen LogP contribution in [0, 0.1) is 0 Å². The van der Waals surface area contributed by atoms with Crippen molar-refractivity contribution in [1.29, 1.82) is 0 Å². The first-order chi connectivity index (χ1) is 9.74. The molecule has 0 aromatic heterocycles. The second-order valence-corrected chi connectivity index (χ2v) is 10.5. The summed E-state index contributed by atoms with van der Waals surface area (Å²) < 4.78 is 17.1. The Bertz CT molecular complexity index is 642. The van der Waals surface area contributed by atoms with Gasteiger partial charge in [0, 0.05) is 20.8 Å². The molecule has 1 aliphatic heterocycles. The van der Waals surface area contributed by atoms with Crippen molar-refractivity contribution in [3.8, 4) is 0 Å². The molecule has 1 aromatic rings. The van der Waals surface area contributed by atoms with Crippen molar-refractivity contribution >= 4 is 31.6 Å². The molecule has 0 radical (unpaired) electrons. The minimum absolute atomic E-state index is 0.412. The normalized spacial score (nSPS) is 19.5. The minimum Gasteiger partial charge on any atom is -0.326 e. The average Bonchev–Trinajstić information content (AvgIpc) is 2.75. The number of hydrogen-bond acceptors (Lipinski definition) is 3. The van der Waals surface area contributed by atoms with Crippen molar-refractivity contribution in [1.82, 2.24) is 10.0 Å². The van der Waals surface area contributed by atoms with Crippen LogP contribution in [-0.2, 0) is 15.0 Å². The fourth-order valence-electron chi connectivity index (χ4n) is 2.35. The third-order valence-corrected chi connectivity index (χ3v) is 8.81. The predicted molar refractivity (Wildman–Crippen MR) is 95.1 cm³/mol. The topological polar surface area (TPSA) is 53.5 Å². The van der Waals surface area contributed by atoms with Crippen LogP contribution in [0.2, 0.25) is 0 Å². The van der Waals surface area contributed by atoms with E-state index in [0.717, 1.165) is 5.56 Å². The third-order valence-electron chi connectivity index (χ3n) is 4.01. The van der Waals surface area contributed by atoms with Gasteiger partial charge in [-0.2, -0.15) is 0 Å². The Morgan fingerprint density at radius 3 is 2.38 bits per heavy atom. The van der Waals surface area contributed by atoms with Gasteiger partial charge in [0.15, 0.2) is 5.17 Å². The van der Waals surface area contributed by atoms with Crippen molar-refractivity contribution in [2.45, 2.75) is 32.1 Å². The van der Waals surface area contributed by atoms with Gasteiger partial charge in [-0.3, -0.25) is 8.93 Å². The van der Waals surface area contributed by atoms with Crippen LogP contribution in [0.15, 0.2) is 35.3 Å². The monoisotopic (exact) mass is 325 g/mol. The van der Waals surface area contributed by atoms with E-state index in [2.05, 4.69) is 15.0 Å². The van der Waals surface area contributed by atoms with Gasteiger partial charge in [-0.05, 0) is 26.5 Å². The summed E-state index contributed by atoms with van der Waals surface area (Å²) in [5.74, 6) is 0.878. The Hall–Kier alpha value is -1.11. The lowest BCUT2D eigenvalue weighted by Gasteiger charge is -2.41. The Labute approximate surface area is 132 Å². The number of aliphatic imine (C=N–C) groups is 1. The van der Waals surface area contributed by atoms with E-state index >= 15 is 0 Å². The molecule has 0 aliphatic carbocycles. The Kier molecular flexibility index (Phi) is 4.08. The molecule has 4 nitrogen and oxygen atoms in total. The van der Waals surface area contributed by atoms with Crippen LogP contribution in [-0.4, -0.2) is 32.7 Å². The van der Waals surface area contributed by atoms with Gasteiger partial charge in [0.25, 0.3) is 0 Å². The number of rotatable bonds is 4. The summed E-state index contributed by atoms with van der Waals surface area (Å²) >= 11 is 5.34. The highest BCUT2D eigenvalue weighted by Crippen LogP contribution is 2.32. The third kappa shape index (κ3) is 2.80. The maximum absolute atomic E-state index is 14.0. The number of thiocarbonyl (C=S) groups is 1. The van der Waals surface area contributed by atoms with Crippen LogP contribution in [0.4, 0.5) is 0 Å². The van der Waals surface area contributed by atoms with E-state index < -0.39 is 14.8 Å². The van der Waals surface area contributed by atoms with Crippen LogP contribution in [0.5, 0.6) is 0 Å². The van der Waals surface area contributed by atoms with Crippen LogP contribution in [0.3, 0.4) is 0 Å². The fraction of sp³-hybridized carbons (Fsp3) is 0.467. The molecule has 1 aliphatic rings. The van der Waals surface area contributed by atoms with Crippen molar-refractivity contribution < 1.29 is 4.21 Å². The van der Waals surface area contributed by atoms with E-state index in [-0.39, 0.29) is 0 Å². The molecule has 0 saturated carbocycles. The molecule has 0 atom stereocenters. The zero-order chi connectivity index (χ0) is 15.8. The Balaban J connectivity index is 2.51. The molecule has 0 spiro atoms. The zero-order valence-corrected chi connectivity index (χ0v) is 14.6. The summed E-state index contributed by atoms with van der Waals surface area (Å²) in [6, 6.07) is 9.84. The van der Waals surface area contributed by atoms with Crippen molar-refractivity contribution in [3.63, 3.8) is 0 Å². The largest absolute Gasteiger partial charge is 0.326 e. The minimum atomic E-state index is -3.33. The highest BCUT2D eigenvalue weighted by atomic mass is 32.3. The molecule has 0 amide bonds. The molecule has 1 aromatic carbocycles. The van der Waals surface area contributed by atoms with E-state index in [9.17, 15) is 4.21 Å². The maximum Gasteiger partial charge on any atom is 0.184 e. The van der Waals surface area contributed by atoms with Crippen LogP contribution < -0.4 is 10.0 Å². The molecule has 2 rings (SSSR count). The van der Waals surface area contributed by atoms with Gasteiger partial charge >= 0.3 is 0 Å². The zero-order valence-electron chi connectivity index (χ0n) is 13.0. The first-order valence-electron chi connectivity index (χ1n) is 7.02. The highest BCUT2D eigenvalue weighted by molar-refractivity contribution is 8.30. The standard InChI is InChI=1S/C15H23N3OS2/c1-5-21(19,16-4,11-12-9-7-6-8-10-12)14-17-13(20)15(2,3)18-14/h6-10H,5,11H2,1-4H3,(H,16,19)(H,17,18,20). The quantitative estimate of drug-likeness (QED) is 0.835. The molecule has 0 fully saturated rings. The molecular weight excluding hydrogens is 302 g/mol. The van der Waals surface area contributed by atoms with Gasteiger partial charge in [0.2, 0.25) is 0 Å². The molecule has 0 saturated heterocycles. The van der Waals surface area contributed by atoms with Gasteiger partial charge < -0.3 is 5.32 Å². The molecule has 2 N–H and O–H groups in total. The number of amidine groups is 1. The lowest BCUT2D eigenvalue weighted by Crippen LogP contribution is -2.59. The van der Waals surface area contributed by atoms with E-state index in [1.165, 1.54) is 0 Å². The predicted octanol–water partition coefficient (Wildman–Crippen LogP) is 2.23. The summed E-state index contributed by atoms with van der Waals surface area (Å²) in [4.78, 5) is 5.24. The highest BCUT2D eigenvalue weighted by Gasteiger charge is 2.45. The Morgan fingerprint density at radius 1 is 1.33 bits per heavy atom. The molecule has 6 heteroatoms. The lowest BCUT2D eigenvalue weighted by molar-refractivity contribution is 0.655. The summed E-state index contributed by atoms with van der Waals surface area (Å²) in [6.07, 6.45) is 0. The van der Waals surface area contributed by atoms with Crippen LogP contribution >= 0.6 is 12.2 Å². The SMILES string of the molecule is CCS(=O)(Cc1ccccc1)(NC)C1=NC(C)(C)C(=S)N1. The van der Waals surface area contributed by atoms with E-state index in [1.807, 2.05) is 51.1 Å². The van der Waals surface area contributed by atoms with Gasteiger partial charge in [-0.15, -0.1) is 0 Å². The summed E-state index contributed by atoms with van der Waals surface area (Å²) in [7, 11) is -1.59. The summed E-state index contributed by atoms with van der Waals surface area (Å²) in [5, 5.41) is 3.60.